The first-order valence-corrected chi connectivity index (χ1v) is 7.26. The number of hydrogen-bond acceptors (Lipinski definition) is 2. The largest absolute Gasteiger partial charge is 0.496 e. The molecule has 2 nitrogen and oxygen atoms in total. The lowest BCUT2D eigenvalue weighted by Gasteiger charge is -2.12. The molecule has 0 unspecified atom stereocenters. The minimum absolute atomic E-state index is 0.190. The van der Waals surface area contributed by atoms with Crippen LogP contribution in [0.5, 0.6) is 5.75 Å². The second-order valence-corrected chi connectivity index (χ2v) is 5.33. The normalized spacial score (nSPS) is 10.7. The first-order valence-electron chi connectivity index (χ1n) is 6.89. The van der Waals surface area contributed by atoms with Crippen LogP contribution in [0.25, 0.3) is 0 Å². The summed E-state index contributed by atoms with van der Waals surface area (Å²) in [6.45, 7) is 3.36. The van der Waals surface area contributed by atoms with Gasteiger partial charge in [0.05, 0.1) is 7.11 Å². The maximum atomic E-state index is 13.0. The van der Waals surface area contributed by atoms with Crippen LogP contribution in [0.1, 0.15) is 16.7 Å². The maximum absolute atomic E-state index is 13.0. The van der Waals surface area contributed by atoms with Gasteiger partial charge in [0.15, 0.2) is 0 Å². The highest BCUT2D eigenvalue weighted by atomic mass is 35.5. The Bertz CT molecular complexity index is 616. The topological polar surface area (TPSA) is 21.3 Å². The van der Waals surface area contributed by atoms with Gasteiger partial charge in [0.25, 0.3) is 0 Å². The molecule has 0 saturated heterocycles. The van der Waals surface area contributed by atoms with Gasteiger partial charge in [-0.25, -0.2) is 4.39 Å². The monoisotopic (exact) mass is 307 g/mol. The Morgan fingerprint density at radius 2 is 2.05 bits per heavy atom. The van der Waals surface area contributed by atoms with Crippen molar-refractivity contribution in [1.29, 1.82) is 0 Å². The summed E-state index contributed by atoms with van der Waals surface area (Å²) in [7, 11) is 1.64. The molecule has 2 rings (SSSR count). The van der Waals surface area contributed by atoms with Crippen LogP contribution in [-0.4, -0.2) is 13.7 Å². The lowest BCUT2D eigenvalue weighted by atomic mass is 10.1. The van der Waals surface area contributed by atoms with Crippen molar-refractivity contribution in [1.82, 2.24) is 5.32 Å². The molecule has 0 aromatic heterocycles. The van der Waals surface area contributed by atoms with Crippen LogP contribution < -0.4 is 10.1 Å². The van der Waals surface area contributed by atoms with Crippen molar-refractivity contribution < 1.29 is 9.13 Å². The lowest BCUT2D eigenvalue weighted by molar-refractivity contribution is 0.408. The van der Waals surface area contributed by atoms with Gasteiger partial charge in [-0.3, -0.25) is 0 Å². The number of benzene rings is 2. The van der Waals surface area contributed by atoms with Crippen LogP contribution in [0.3, 0.4) is 0 Å². The number of halogens is 2. The highest BCUT2D eigenvalue weighted by Gasteiger charge is 2.07. The fourth-order valence-electron chi connectivity index (χ4n) is 2.28. The van der Waals surface area contributed by atoms with E-state index in [1.54, 1.807) is 13.2 Å². The van der Waals surface area contributed by atoms with Gasteiger partial charge >= 0.3 is 0 Å². The molecular weight excluding hydrogens is 289 g/mol. The fourth-order valence-corrected chi connectivity index (χ4v) is 2.51. The van der Waals surface area contributed by atoms with Crippen molar-refractivity contribution in [3.8, 4) is 5.75 Å². The van der Waals surface area contributed by atoms with Gasteiger partial charge in [-0.1, -0.05) is 23.7 Å². The summed E-state index contributed by atoms with van der Waals surface area (Å²) in [6.07, 6.45) is 0.846. The van der Waals surface area contributed by atoms with Crippen molar-refractivity contribution in [2.24, 2.45) is 0 Å². The third kappa shape index (κ3) is 4.19. The van der Waals surface area contributed by atoms with E-state index in [0.717, 1.165) is 35.4 Å². The Morgan fingerprint density at radius 1 is 1.24 bits per heavy atom. The third-order valence-corrected chi connectivity index (χ3v) is 3.83. The number of ether oxygens (including phenoxy) is 1. The SMILES string of the molecule is COc1cccc(Cl)c1CNCCc1ccc(F)cc1C. The predicted molar refractivity (Wildman–Crippen MR) is 84.6 cm³/mol. The molecule has 0 bridgehead atoms. The van der Waals surface area contributed by atoms with Gasteiger partial charge < -0.3 is 10.1 Å². The molecule has 0 radical (unpaired) electrons. The molecule has 0 aliphatic carbocycles. The minimum Gasteiger partial charge on any atom is -0.496 e. The van der Waals surface area contributed by atoms with E-state index in [0.29, 0.717) is 11.6 Å². The van der Waals surface area contributed by atoms with E-state index in [2.05, 4.69) is 5.32 Å². The maximum Gasteiger partial charge on any atom is 0.124 e. The van der Waals surface area contributed by atoms with E-state index in [1.807, 2.05) is 31.2 Å². The van der Waals surface area contributed by atoms with Gasteiger partial charge in [-0.2, -0.15) is 0 Å². The summed E-state index contributed by atoms with van der Waals surface area (Å²) in [6, 6.07) is 10.5. The van der Waals surface area contributed by atoms with Crippen LogP contribution in [-0.2, 0) is 13.0 Å². The molecule has 4 heteroatoms. The molecule has 0 amide bonds. The highest BCUT2D eigenvalue weighted by Crippen LogP contribution is 2.25. The molecule has 0 atom stereocenters. The van der Waals surface area contributed by atoms with E-state index >= 15 is 0 Å². The predicted octanol–water partition coefficient (Wildman–Crippen LogP) is 4.13. The first kappa shape index (κ1) is 15.8. The van der Waals surface area contributed by atoms with Crippen molar-refractivity contribution in [3.05, 3.63) is 63.9 Å². The van der Waals surface area contributed by atoms with Gasteiger partial charge in [-0.15, -0.1) is 0 Å². The number of aryl methyl sites for hydroxylation is 1. The molecular formula is C17H19ClFNO. The van der Waals surface area contributed by atoms with E-state index in [1.165, 1.54) is 6.07 Å². The average molecular weight is 308 g/mol. The van der Waals surface area contributed by atoms with Crippen LogP contribution in [0.15, 0.2) is 36.4 Å². The molecule has 0 aliphatic heterocycles. The zero-order chi connectivity index (χ0) is 15.2. The van der Waals surface area contributed by atoms with Crippen molar-refractivity contribution in [2.45, 2.75) is 19.9 Å². The molecule has 2 aromatic carbocycles. The summed E-state index contributed by atoms with van der Waals surface area (Å²) >= 11 is 6.19. The van der Waals surface area contributed by atoms with E-state index in [4.69, 9.17) is 16.3 Å². The second kappa shape index (κ2) is 7.43. The minimum atomic E-state index is -0.190. The third-order valence-electron chi connectivity index (χ3n) is 3.47. The molecule has 1 N–H and O–H groups in total. The molecule has 112 valence electrons. The van der Waals surface area contributed by atoms with Gasteiger partial charge in [-0.05, 0) is 55.3 Å². The van der Waals surface area contributed by atoms with Gasteiger partial charge in [0.1, 0.15) is 11.6 Å². The molecule has 0 aliphatic rings. The summed E-state index contributed by atoms with van der Waals surface area (Å²) in [5.74, 6) is 0.595. The number of hydrogen-bond donors (Lipinski definition) is 1. The molecule has 0 fully saturated rings. The van der Waals surface area contributed by atoms with Crippen LogP contribution in [0.4, 0.5) is 4.39 Å². The number of rotatable bonds is 6. The van der Waals surface area contributed by atoms with Crippen LogP contribution >= 0.6 is 11.6 Å². The average Bonchev–Trinajstić information content (AvgIpc) is 2.46. The Kier molecular flexibility index (Phi) is 5.59. The zero-order valence-electron chi connectivity index (χ0n) is 12.2. The second-order valence-electron chi connectivity index (χ2n) is 4.92. The quantitative estimate of drug-likeness (QED) is 0.810. The molecule has 2 aromatic rings. The number of methoxy groups -OCH3 is 1. The first-order chi connectivity index (χ1) is 10.1. The highest BCUT2D eigenvalue weighted by molar-refractivity contribution is 6.31. The zero-order valence-corrected chi connectivity index (χ0v) is 13.0. The molecule has 0 spiro atoms. The van der Waals surface area contributed by atoms with Crippen LogP contribution in [0.2, 0.25) is 5.02 Å². The molecule has 21 heavy (non-hydrogen) atoms. The Balaban J connectivity index is 1.90. The van der Waals surface area contributed by atoms with Gasteiger partial charge in [0, 0.05) is 17.1 Å². The van der Waals surface area contributed by atoms with Crippen molar-refractivity contribution in [3.63, 3.8) is 0 Å². The Morgan fingerprint density at radius 3 is 2.76 bits per heavy atom. The summed E-state index contributed by atoms with van der Waals surface area (Å²) < 4.78 is 18.3. The van der Waals surface area contributed by atoms with Crippen molar-refractivity contribution in [2.75, 3.05) is 13.7 Å². The number of nitrogens with one attached hydrogen (secondary N) is 1. The van der Waals surface area contributed by atoms with Crippen LogP contribution in [0, 0.1) is 12.7 Å². The van der Waals surface area contributed by atoms with E-state index in [-0.39, 0.29) is 5.82 Å². The standard InChI is InChI=1S/C17H19ClFNO/c1-12-10-14(19)7-6-13(12)8-9-20-11-15-16(18)4-3-5-17(15)21-2/h3-7,10,20H,8-9,11H2,1-2H3. The molecule has 0 saturated carbocycles. The molecule has 0 heterocycles. The summed E-state index contributed by atoms with van der Waals surface area (Å²) in [5.41, 5.74) is 3.08. The smallest absolute Gasteiger partial charge is 0.124 e. The Labute approximate surface area is 129 Å². The summed E-state index contributed by atoms with van der Waals surface area (Å²) in [4.78, 5) is 0. The fraction of sp³-hybridized carbons (Fsp3) is 0.294. The Hall–Kier alpha value is -1.58. The summed E-state index contributed by atoms with van der Waals surface area (Å²) in [5, 5.41) is 4.04. The lowest BCUT2D eigenvalue weighted by Crippen LogP contribution is -2.17. The van der Waals surface area contributed by atoms with Gasteiger partial charge in [0.2, 0.25) is 0 Å². The van der Waals surface area contributed by atoms with E-state index in [9.17, 15) is 4.39 Å². The van der Waals surface area contributed by atoms with Crippen molar-refractivity contribution >= 4 is 11.6 Å². The van der Waals surface area contributed by atoms with E-state index < -0.39 is 0 Å².